The first-order valence-corrected chi connectivity index (χ1v) is 8.80. The molecule has 2 atom stereocenters. The molecule has 22 heavy (non-hydrogen) atoms. The summed E-state index contributed by atoms with van der Waals surface area (Å²) in [5.74, 6) is 1.85. The zero-order chi connectivity index (χ0) is 15.4. The summed E-state index contributed by atoms with van der Waals surface area (Å²) in [6.07, 6.45) is 8.93. The van der Waals surface area contributed by atoms with Gasteiger partial charge in [-0.2, -0.15) is 0 Å². The molecule has 0 saturated heterocycles. The van der Waals surface area contributed by atoms with Crippen molar-refractivity contribution in [3.63, 3.8) is 0 Å². The van der Waals surface area contributed by atoms with Crippen LogP contribution in [0.2, 0.25) is 0 Å². The van der Waals surface area contributed by atoms with E-state index in [0.29, 0.717) is 18.4 Å². The average Bonchev–Trinajstić information content (AvgIpc) is 3.13. The van der Waals surface area contributed by atoms with E-state index < -0.39 is 0 Å². The third-order valence-electron chi connectivity index (χ3n) is 5.05. The minimum atomic E-state index is 0.173. The van der Waals surface area contributed by atoms with E-state index in [1.807, 2.05) is 12.1 Å². The Bertz CT molecular complexity index is 526. The van der Waals surface area contributed by atoms with E-state index in [1.165, 1.54) is 37.7 Å². The molecule has 0 spiro atoms. The highest BCUT2D eigenvalue weighted by molar-refractivity contribution is 5.79. The lowest BCUT2D eigenvalue weighted by atomic mass is 9.96. The molecule has 0 aromatic heterocycles. The molecule has 0 bridgehead atoms. The molecule has 2 unspecified atom stereocenters. The van der Waals surface area contributed by atoms with Crippen molar-refractivity contribution >= 4 is 5.91 Å². The summed E-state index contributed by atoms with van der Waals surface area (Å²) < 4.78 is 5.52. The van der Waals surface area contributed by atoms with Crippen molar-refractivity contribution in [1.82, 2.24) is 5.32 Å². The van der Waals surface area contributed by atoms with E-state index in [4.69, 9.17) is 4.74 Å². The minimum absolute atomic E-state index is 0.173. The molecule has 1 aliphatic heterocycles. The van der Waals surface area contributed by atoms with Crippen molar-refractivity contribution in [3.05, 3.63) is 29.3 Å². The summed E-state index contributed by atoms with van der Waals surface area (Å²) in [7, 11) is 0. The Labute approximate surface area is 133 Å². The molecule has 120 valence electrons. The van der Waals surface area contributed by atoms with E-state index in [9.17, 15) is 4.79 Å². The van der Waals surface area contributed by atoms with Gasteiger partial charge in [0, 0.05) is 12.5 Å². The fourth-order valence-corrected chi connectivity index (χ4v) is 3.83. The Kier molecular flexibility index (Phi) is 5.01. The van der Waals surface area contributed by atoms with Crippen LogP contribution in [0, 0.1) is 5.92 Å². The highest BCUT2D eigenvalue weighted by atomic mass is 16.5. The molecule has 2 aliphatic rings. The van der Waals surface area contributed by atoms with Crippen molar-refractivity contribution in [3.8, 4) is 5.75 Å². The highest BCUT2D eigenvalue weighted by Crippen LogP contribution is 2.30. The SMILES string of the molecule is CCCCC1CCCC1NC(=O)Cc1ccc2c(c1)CCO2. The third-order valence-corrected chi connectivity index (χ3v) is 5.05. The number of hydrogen-bond donors (Lipinski definition) is 1. The van der Waals surface area contributed by atoms with Gasteiger partial charge in [0.15, 0.2) is 0 Å². The van der Waals surface area contributed by atoms with E-state index in [0.717, 1.165) is 30.8 Å². The van der Waals surface area contributed by atoms with Gasteiger partial charge in [0.05, 0.1) is 13.0 Å². The summed E-state index contributed by atoms with van der Waals surface area (Å²) in [6, 6.07) is 6.56. The van der Waals surface area contributed by atoms with Crippen LogP contribution in [0.5, 0.6) is 5.75 Å². The molecule has 3 rings (SSSR count). The van der Waals surface area contributed by atoms with Crippen LogP contribution in [0.4, 0.5) is 0 Å². The van der Waals surface area contributed by atoms with Gasteiger partial charge in [-0.1, -0.05) is 38.3 Å². The second-order valence-corrected chi connectivity index (χ2v) is 6.72. The van der Waals surface area contributed by atoms with Gasteiger partial charge in [0.25, 0.3) is 0 Å². The van der Waals surface area contributed by atoms with E-state index >= 15 is 0 Å². The van der Waals surface area contributed by atoms with Gasteiger partial charge < -0.3 is 10.1 Å². The molecule has 3 heteroatoms. The zero-order valence-corrected chi connectivity index (χ0v) is 13.6. The Balaban J connectivity index is 1.53. The lowest BCUT2D eigenvalue weighted by molar-refractivity contribution is -0.121. The summed E-state index contributed by atoms with van der Waals surface area (Å²) in [6.45, 7) is 3.01. The maximum absolute atomic E-state index is 12.3. The second kappa shape index (κ2) is 7.17. The number of fused-ring (bicyclic) bond motifs is 1. The van der Waals surface area contributed by atoms with Crippen molar-refractivity contribution in [2.24, 2.45) is 5.92 Å². The maximum atomic E-state index is 12.3. The van der Waals surface area contributed by atoms with Crippen LogP contribution in [0.3, 0.4) is 0 Å². The maximum Gasteiger partial charge on any atom is 0.224 e. The van der Waals surface area contributed by atoms with Crippen LogP contribution in [0.25, 0.3) is 0 Å². The van der Waals surface area contributed by atoms with Gasteiger partial charge in [0.2, 0.25) is 5.91 Å². The average molecular weight is 301 g/mol. The molecule has 1 fully saturated rings. The Morgan fingerprint density at radius 3 is 3.14 bits per heavy atom. The predicted octanol–water partition coefficient (Wildman–Crippen LogP) is 3.64. The van der Waals surface area contributed by atoms with Gasteiger partial charge >= 0.3 is 0 Å². The molecule has 1 N–H and O–H groups in total. The number of ether oxygens (including phenoxy) is 1. The normalized spacial score (nSPS) is 23.1. The van der Waals surface area contributed by atoms with Crippen LogP contribution in [-0.4, -0.2) is 18.6 Å². The first-order chi connectivity index (χ1) is 10.8. The smallest absolute Gasteiger partial charge is 0.224 e. The molecular weight excluding hydrogens is 274 g/mol. The van der Waals surface area contributed by atoms with E-state index in [-0.39, 0.29) is 5.91 Å². The van der Waals surface area contributed by atoms with E-state index in [2.05, 4.69) is 18.3 Å². The van der Waals surface area contributed by atoms with Crippen LogP contribution >= 0.6 is 0 Å². The fraction of sp³-hybridized carbons (Fsp3) is 0.632. The topological polar surface area (TPSA) is 38.3 Å². The fourth-order valence-electron chi connectivity index (χ4n) is 3.83. The standard InChI is InChI=1S/C19H27NO2/c1-2-3-5-15-6-4-7-17(15)20-19(21)13-14-8-9-18-16(12-14)10-11-22-18/h8-9,12,15,17H,2-7,10-11,13H2,1H3,(H,20,21). The Morgan fingerprint density at radius 2 is 2.27 bits per heavy atom. The van der Waals surface area contributed by atoms with Gasteiger partial charge in [-0.3, -0.25) is 4.79 Å². The van der Waals surface area contributed by atoms with Crippen LogP contribution in [0.15, 0.2) is 18.2 Å². The summed E-state index contributed by atoms with van der Waals surface area (Å²) in [5.41, 5.74) is 2.34. The monoisotopic (exact) mass is 301 g/mol. The molecule has 1 heterocycles. The number of unbranched alkanes of at least 4 members (excludes halogenated alkanes) is 1. The Morgan fingerprint density at radius 1 is 1.36 bits per heavy atom. The number of carbonyl (C=O) groups excluding carboxylic acids is 1. The number of rotatable bonds is 6. The first kappa shape index (κ1) is 15.4. The number of amides is 1. The predicted molar refractivity (Wildman–Crippen MR) is 88.1 cm³/mol. The Hall–Kier alpha value is -1.51. The van der Waals surface area contributed by atoms with Crippen LogP contribution < -0.4 is 10.1 Å². The molecule has 1 saturated carbocycles. The summed E-state index contributed by atoms with van der Waals surface area (Å²) in [5, 5.41) is 3.28. The zero-order valence-electron chi connectivity index (χ0n) is 13.6. The second-order valence-electron chi connectivity index (χ2n) is 6.72. The van der Waals surface area contributed by atoms with Crippen molar-refractivity contribution in [2.75, 3.05) is 6.61 Å². The van der Waals surface area contributed by atoms with Crippen molar-refractivity contribution < 1.29 is 9.53 Å². The molecule has 0 radical (unpaired) electrons. The van der Waals surface area contributed by atoms with Crippen LogP contribution in [0.1, 0.15) is 56.6 Å². The quantitative estimate of drug-likeness (QED) is 0.871. The van der Waals surface area contributed by atoms with Gasteiger partial charge in [-0.15, -0.1) is 0 Å². The molecule has 1 aromatic carbocycles. The molecule has 1 amide bonds. The summed E-state index contributed by atoms with van der Waals surface area (Å²) >= 11 is 0. The minimum Gasteiger partial charge on any atom is -0.493 e. The molecule has 1 aliphatic carbocycles. The van der Waals surface area contributed by atoms with Crippen molar-refractivity contribution in [2.45, 2.75) is 64.3 Å². The number of benzene rings is 1. The van der Waals surface area contributed by atoms with Crippen LogP contribution in [-0.2, 0) is 17.6 Å². The van der Waals surface area contributed by atoms with Gasteiger partial charge in [-0.05, 0) is 42.4 Å². The van der Waals surface area contributed by atoms with Crippen molar-refractivity contribution in [1.29, 1.82) is 0 Å². The molecule has 1 aromatic rings. The molecular formula is C19H27NO2. The lowest BCUT2D eigenvalue weighted by Crippen LogP contribution is -2.38. The highest BCUT2D eigenvalue weighted by Gasteiger charge is 2.27. The number of nitrogens with one attached hydrogen (secondary N) is 1. The lowest BCUT2D eigenvalue weighted by Gasteiger charge is -2.21. The van der Waals surface area contributed by atoms with Gasteiger partial charge in [-0.25, -0.2) is 0 Å². The first-order valence-electron chi connectivity index (χ1n) is 8.80. The largest absolute Gasteiger partial charge is 0.493 e. The van der Waals surface area contributed by atoms with E-state index in [1.54, 1.807) is 0 Å². The molecule has 3 nitrogen and oxygen atoms in total. The number of hydrogen-bond acceptors (Lipinski definition) is 2. The third kappa shape index (κ3) is 3.63. The summed E-state index contributed by atoms with van der Waals surface area (Å²) in [4.78, 5) is 12.3. The van der Waals surface area contributed by atoms with Gasteiger partial charge in [0.1, 0.15) is 5.75 Å². The number of carbonyl (C=O) groups is 1.